The summed E-state index contributed by atoms with van der Waals surface area (Å²) in [4.78, 5) is 2.01. The first-order valence-electron chi connectivity index (χ1n) is 6.57. The molecular weight excluding hydrogens is 258 g/mol. The molecule has 0 saturated carbocycles. The van der Waals surface area contributed by atoms with Crippen LogP contribution in [0.25, 0.3) is 0 Å². The van der Waals surface area contributed by atoms with Crippen LogP contribution in [0.15, 0.2) is 24.3 Å². The number of benzene rings is 1. The fourth-order valence-corrected chi connectivity index (χ4v) is 2.05. The molecule has 2 unspecified atom stereocenters. The van der Waals surface area contributed by atoms with Gasteiger partial charge in [-0.15, -0.1) is 0 Å². The highest BCUT2D eigenvalue weighted by Crippen LogP contribution is 2.13. The number of nitrogens with two attached hydrogens (primary N) is 1. The third kappa shape index (κ3) is 4.38. The highest BCUT2D eigenvalue weighted by Gasteiger charge is 2.21. The van der Waals surface area contributed by atoms with Crippen molar-refractivity contribution in [1.82, 2.24) is 4.90 Å². The van der Waals surface area contributed by atoms with Gasteiger partial charge in [0.2, 0.25) is 0 Å². The zero-order chi connectivity index (χ0) is 14.4. The van der Waals surface area contributed by atoms with Gasteiger partial charge in [0.1, 0.15) is 18.5 Å². The molecular formula is C14H19N3O3. The second kappa shape index (κ2) is 7.10. The number of hydrogen-bond donors (Lipinski definition) is 2. The molecule has 0 bridgehead atoms. The third-order valence-electron chi connectivity index (χ3n) is 3.09. The van der Waals surface area contributed by atoms with Gasteiger partial charge < -0.3 is 20.3 Å². The van der Waals surface area contributed by atoms with Gasteiger partial charge in [0.25, 0.3) is 0 Å². The smallest absolute Gasteiger partial charge is 0.156 e. The minimum absolute atomic E-state index is 0.207. The number of aliphatic hydroxyl groups is 1. The fourth-order valence-electron chi connectivity index (χ4n) is 2.05. The number of morpholine rings is 1. The van der Waals surface area contributed by atoms with E-state index < -0.39 is 12.2 Å². The molecule has 20 heavy (non-hydrogen) atoms. The van der Waals surface area contributed by atoms with E-state index in [0.29, 0.717) is 31.1 Å². The Morgan fingerprint density at radius 3 is 2.95 bits per heavy atom. The Kier molecular flexibility index (Phi) is 5.18. The van der Waals surface area contributed by atoms with Crippen molar-refractivity contribution in [2.24, 2.45) is 0 Å². The Bertz CT molecular complexity index is 458. The second-order valence-corrected chi connectivity index (χ2v) is 4.78. The molecule has 2 rings (SSSR count). The summed E-state index contributed by atoms with van der Waals surface area (Å²) in [5.74, 6) is 0.676. The standard InChI is InChI=1S/C14H19N3O3/c15-7-14-9-17(5-6-19-14)8-12(18)10-20-13-3-1-11(16)2-4-13/h1-4,12,14,18H,5-6,8-10,16H2. The molecule has 1 fully saturated rings. The maximum absolute atomic E-state index is 9.96. The molecule has 0 aliphatic carbocycles. The minimum Gasteiger partial charge on any atom is -0.491 e. The van der Waals surface area contributed by atoms with E-state index in [1.54, 1.807) is 24.3 Å². The van der Waals surface area contributed by atoms with Gasteiger partial charge in [-0.2, -0.15) is 5.26 Å². The van der Waals surface area contributed by atoms with E-state index in [1.165, 1.54) is 0 Å². The van der Waals surface area contributed by atoms with Gasteiger partial charge in [-0.1, -0.05) is 0 Å². The lowest BCUT2D eigenvalue weighted by molar-refractivity contribution is -0.0215. The molecule has 1 aromatic rings. The Balaban J connectivity index is 1.73. The van der Waals surface area contributed by atoms with Gasteiger partial charge in [0.05, 0.1) is 12.7 Å². The molecule has 1 aliphatic heterocycles. The van der Waals surface area contributed by atoms with Crippen LogP contribution in [-0.2, 0) is 4.74 Å². The van der Waals surface area contributed by atoms with Gasteiger partial charge in [-0.25, -0.2) is 0 Å². The van der Waals surface area contributed by atoms with Crippen molar-refractivity contribution in [3.05, 3.63) is 24.3 Å². The normalized spacial score (nSPS) is 21.1. The molecule has 3 N–H and O–H groups in total. The third-order valence-corrected chi connectivity index (χ3v) is 3.09. The first-order chi connectivity index (χ1) is 9.67. The molecule has 0 amide bonds. The van der Waals surface area contributed by atoms with Crippen LogP contribution in [0.1, 0.15) is 0 Å². The monoisotopic (exact) mass is 277 g/mol. The lowest BCUT2D eigenvalue weighted by atomic mass is 10.2. The van der Waals surface area contributed by atoms with E-state index in [1.807, 2.05) is 4.90 Å². The largest absolute Gasteiger partial charge is 0.491 e. The van der Waals surface area contributed by atoms with Crippen molar-refractivity contribution in [1.29, 1.82) is 5.26 Å². The first-order valence-corrected chi connectivity index (χ1v) is 6.57. The molecule has 1 aromatic carbocycles. The zero-order valence-corrected chi connectivity index (χ0v) is 11.2. The molecule has 1 heterocycles. The van der Waals surface area contributed by atoms with Crippen molar-refractivity contribution in [3.8, 4) is 11.8 Å². The van der Waals surface area contributed by atoms with Crippen LogP contribution in [0, 0.1) is 11.3 Å². The Labute approximate surface area is 118 Å². The minimum atomic E-state index is -0.606. The van der Waals surface area contributed by atoms with Crippen LogP contribution in [0.4, 0.5) is 5.69 Å². The summed E-state index contributed by atoms with van der Waals surface area (Å²) in [6, 6.07) is 9.12. The number of nitriles is 1. The number of nitrogens with zero attached hydrogens (tertiary/aromatic N) is 2. The van der Waals surface area contributed by atoms with Crippen molar-refractivity contribution in [3.63, 3.8) is 0 Å². The molecule has 2 atom stereocenters. The Morgan fingerprint density at radius 1 is 1.50 bits per heavy atom. The van der Waals surface area contributed by atoms with Crippen LogP contribution < -0.4 is 10.5 Å². The highest BCUT2D eigenvalue weighted by atomic mass is 16.5. The number of hydrogen-bond acceptors (Lipinski definition) is 6. The van der Waals surface area contributed by atoms with Crippen LogP contribution >= 0.6 is 0 Å². The number of nitrogen functional groups attached to an aromatic ring is 1. The van der Waals surface area contributed by atoms with Crippen molar-refractivity contribution < 1.29 is 14.6 Å². The average Bonchev–Trinajstić information content (AvgIpc) is 2.47. The summed E-state index contributed by atoms with van der Waals surface area (Å²) < 4.78 is 10.7. The van der Waals surface area contributed by atoms with Gasteiger partial charge in [-0.3, -0.25) is 4.90 Å². The van der Waals surface area contributed by atoms with Crippen molar-refractivity contribution >= 4 is 5.69 Å². The summed E-state index contributed by atoms with van der Waals surface area (Å²) >= 11 is 0. The Hall–Kier alpha value is -1.81. The number of ether oxygens (including phenoxy) is 2. The van der Waals surface area contributed by atoms with Gasteiger partial charge in [0, 0.05) is 25.3 Å². The number of aliphatic hydroxyl groups excluding tert-OH is 1. The summed E-state index contributed by atoms with van der Waals surface area (Å²) in [5, 5.41) is 18.8. The predicted molar refractivity (Wildman–Crippen MR) is 74.1 cm³/mol. The second-order valence-electron chi connectivity index (χ2n) is 4.78. The van der Waals surface area contributed by atoms with Gasteiger partial charge >= 0.3 is 0 Å². The predicted octanol–water partition coefficient (Wildman–Crippen LogP) is 0.233. The van der Waals surface area contributed by atoms with Crippen LogP contribution in [0.2, 0.25) is 0 Å². The molecule has 108 valence electrons. The number of anilines is 1. The summed E-state index contributed by atoms with van der Waals surface area (Å²) in [5.41, 5.74) is 6.26. The molecule has 0 radical (unpaired) electrons. The fraction of sp³-hybridized carbons (Fsp3) is 0.500. The zero-order valence-electron chi connectivity index (χ0n) is 11.2. The molecule has 6 heteroatoms. The summed E-state index contributed by atoms with van der Waals surface area (Å²) in [7, 11) is 0. The number of β-amino-alcohol motifs (C(OH)–C–C–N with tert-alkyl or cyclic N) is 1. The van der Waals surface area contributed by atoms with E-state index in [9.17, 15) is 5.11 Å². The molecule has 1 aliphatic rings. The number of rotatable bonds is 5. The SMILES string of the molecule is N#CC1CN(CC(O)COc2ccc(N)cc2)CCO1. The quantitative estimate of drug-likeness (QED) is 0.749. The first kappa shape index (κ1) is 14.6. The van der Waals surface area contributed by atoms with E-state index in [2.05, 4.69) is 6.07 Å². The highest BCUT2D eigenvalue weighted by molar-refractivity contribution is 5.41. The molecule has 0 spiro atoms. The van der Waals surface area contributed by atoms with Crippen LogP contribution in [0.5, 0.6) is 5.75 Å². The van der Waals surface area contributed by atoms with E-state index >= 15 is 0 Å². The van der Waals surface area contributed by atoms with Gasteiger partial charge in [-0.05, 0) is 24.3 Å². The summed E-state index contributed by atoms with van der Waals surface area (Å²) in [6.45, 7) is 2.44. The molecule has 1 saturated heterocycles. The lowest BCUT2D eigenvalue weighted by Crippen LogP contribution is -2.46. The van der Waals surface area contributed by atoms with Crippen LogP contribution in [0.3, 0.4) is 0 Å². The molecule has 6 nitrogen and oxygen atoms in total. The van der Waals surface area contributed by atoms with Gasteiger partial charge in [0.15, 0.2) is 6.10 Å². The lowest BCUT2D eigenvalue weighted by Gasteiger charge is -2.31. The average molecular weight is 277 g/mol. The van der Waals surface area contributed by atoms with Crippen molar-refractivity contribution in [2.75, 3.05) is 38.6 Å². The maximum atomic E-state index is 9.96. The van der Waals surface area contributed by atoms with E-state index in [4.69, 9.17) is 20.5 Å². The van der Waals surface area contributed by atoms with E-state index in [0.717, 1.165) is 6.54 Å². The van der Waals surface area contributed by atoms with Crippen molar-refractivity contribution in [2.45, 2.75) is 12.2 Å². The topological polar surface area (TPSA) is 91.7 Å². The summed E-state index contributed by atoms with van der Waals surface area (Å²) in [6.07, 6.45) is -1.01. The van der Waals surface area contributed by atoms with E-state index in [-0.39, 0.29) is 6.61 Å². The van der Waals surface area contributed by atoms with Crippen LogP contribution in [-0.4, -0.2) is 55.1 Å². The maximum Gasteiger partial charge on any atom is 0.156 e. The Morgan fingerprint density at radius 2 is 2.25 bits per heavy atom. The molecule has 0 aromatic heterocycles.